The molecule has 2 aromatic rings. The van der Waals surface area contributed by atoms with Gasteiger partial charge in [-0.25, -0.2) is 15.0 Å². The molecular formula is C17H25N5O4. The molecule has 1 saturated carbocycles. The minimum absolute atomic E-state index is 0.280. The fourth-order valence-electron chi connectivity index (χ4n) is 3.87. The summed E-state index contributed by atoms with van der Waals surface area (Å²) in [6.07, 6.45) is 5.03. The third kappa shape index (κ3) is 3.05. The van der Waals surface area contributed by atoms with E-state index in [2.05, 4.69) is 20.3 Å². The third-order valence-electron chi connectivity index (χ3n) is 5.18. The van der Waals surface area contributed by atoms with Crippen LogP contribution < -0.4 is 5.32 Å². The van der Waals surface area contributed by atoms with E-state index in [-0.39, 0.29) is 6.61 Å². The summed E-state index contributed by atoms with van der Waals surface area (Å²) >= 11 is 0. The van der Waals surface area contributed by atoms with Crippen molar-refractivity contribution in [3.63, 3.8) is 0 Å². The van der Waals surface area contributed by atoms with Crippen LogP contribution >= 0.6 is 0 Å². The number of aliphatic hydroxyl groups excluding tert-OH is 2. The van der Waals surface area contributed by atoms with E-state index < -0.39 is 24.5 Å². The van der Waals surface area contributed by atoms with E-state index >= 15 is 0 Å². The molecule has 4 atom stereocenters. The maximum Gasteiger partial charge on any atom is 0.167 e. The molecule has 9 nitrogen and oxygen atoms in total. The first kappa shape index (κ1) is 17.6. The van der Waals surface area contributed by atoms with Gasteiger partial charge in [0.15, 0.2) is 23.2 Å². The van der Waals surface area contributed by atoms with E-state index in [9.17, 15) is 10.2 Å². The summed E-state index contributed by atoms with van der Waals surface area (Å²) < 4.78 is 13.3. The van der Waals surface area contributed by atoms with Crippen LogP contribution in [0, 0.1) is 0 Å². The second-order valence-electron chi connectivity index (χ2n) is 6.83. The molecule has 2 fully saturated rings. The van der Waals surface area contributed by atoms with E-state index in [1.54, 1.807) is 10.9 Å². The van der Waals surface area contributed by atoms with Crippen LogP contribution in [0.2, 0.25) is 0 Å². The zero-order chi connectivity index (χ0) is 18.1. The van der Waals surface area contributed by atoms with Gasteiger partial charge in [-0.2, -0.15) is 0 Å². The Bertz CT molecular complexity index is 748. The first-order valence-electron chi connectivity index (χ1n) is 9.23. The topological polar surface area (TPSA) is 115 Å². The number of aromatic nitrogens is 4. The van der Waals surface area contributed by atoms with Crippen molar-refractivity contribution in [1.29, 1.82) is 0 Å². The molecule has 9 heteroatoms. The van der Waals surface area contributed by atoms with Crippen molar-refractivity contribution in [2.45, 2.75) is 63.2 Å². The van der Waals surface area contributed by atoms with Crippen molar-refractivity contribution in [2.24, 2.45) is 0 Å². The number of anilines is 1. The number of nitrogens with zero attached hydrogens (tertiary/aromatic N) is 4. The number of nitrogens with one attached hydrogen (secondary N) is 1. The summed E-state index contributed by atoms with van der Waals surface area (Å²) in [6, 6.07) is 0.415. The van der Waals surface area contributed by atoms with Crippen LogP contribution in [0.25, 0.3) is 11.2 Å². The Morgan fingerprint density at radius 3 is 2.85 bits per heavy atom. The van der Waals surface area contributed by atoms with Crippen molar-refractivity contribution < 1.29 is 19.7 Å². The molecule has 1 aliphatic carbocycles. The molecule has 1 aliphatic heterocycles. The van der Waals surface area contributed by atoms with E-state index in [1.165, 1.54) is 19.2 Å². The van der Waals surface area contributed by atoms with E-state index in [0.29, 0.717) is 29.6 Å². The van der Waals surface area contributed by atoms with E-state index in [1.807, 2.05) is 6.92 Å². The van der Waals surface area contributed by atoms with Crippen LogP contribution in [-0.2, 0) is 9.47 Å². The van der Waals surface area contributed by atoms with Crippen molar-refractivity contribution in [1.82, 2.24) is 19.5 Å². The molecule has 0 bridgehead atoms. The van der Waals surface area contributed by atoms with Gasteiger partial charge >= 0.3 is 0 Å². The zero-order valence-electron chi connectivity index (χ0n) is 14.8. The van der Waals surface area contributed by atoms with Crippen LogP contribution in [0.15, 0.2) is 12.7 Å². The first-order chi connectivity index (χ1) is 12.7. The highest BCUT2D eigenvalue weighted by Crippen LogP contribution is 2.34. The van der Waals surface area contributed by atoms with Crippen LogP contribution in [0.4, 0.5) is 5.82 Å². The van der Waals surface area contributed by atoms with Crippen LogP contribution in [-0.4, -0.2) is 67.3 Å². The Kier molecular flexibility index (Phi) is 5.03. The Balaban J connectivity index is 1.66. The van der Waals surface area contributed by atoms with Crippen LogP contribution in [0.1, 0.15) is 38.8 Å². The summed E-state index contributed by atoms with van der Waals surface area (Å²) in [6.45, 7) is 2.00. The number of fused-ring (bicyclic) bond motifs is 1. The second-order valence-corrected chi connectivity index (χ2v) is 6.83. The van der Waals surface area contributed by atoms with Crippen molar-refractivity contribution in [3.8, 4) is 0 Å². The molecule has 3 heterocycles. The van der Waals surface area contributed by atoms with Gasteiger partial charge in [-0.1, -0.05) is 12.8 Å². The number of ether oxygens (including phenoxy) is 2. The summed E-state index contributed by atoms with van der Waals surface area (Å²) in [4.78, 5) is 13.2. The lowest BCUT2D eigenvalue weighted by Gasteiger charge is -2.21. The Labute approximate surface area is 151 Å². The fraction of sp³-hybridized carbons (Fsp3) is 0.706. The quantitative estimate of drug-likeness (QED) is 0.692. The monoisotopic (exact) mass is 363 g/mol. The van der Waals surface area contributed by atoms with Gasteiger partial charge < -0.3 is 25.0 Å². The van der Waals surface area contributed by atoms with Gasteiger partial charge in [-0.15, -0.1) is 0 Å². The van der Waals surface area contributed by atoms with Crippen molar-refractivity contribution in [3.05, 3.63) is 12.7 Å². The SMILES string of the molecule is CCO[C@@H]1[C@H](O)[C@@H](CO)O[C@H]1n1cnc2c(NC3CCCC3)ncnc21. The van der Waals surface area contributed by atoms with Crippen molar-refractivity contribution >= 4 is 17.0 Å². The van der Waals surface area contributed by atoms with Gasteiger partial charge in [0.25, 0.3) is 0 Å². The molecule has 26 heavy (non-hydrogen) atoms. The standard InChI is InChI=1S/C17H25N5O4/c1-2-25-14-13(24)11(7-23)26-17(14)22-9-20-12-15(18-8-19-16(12)22)21-10-5-3-4-6-10/h8-11,13-14,17,23-24H,2-7H2,1H3,(H,18,19,21)/t11-,13-,14-,17-/m1/s1. The van der Waals surface area contributed by atoms with Gasteiger partial charge in [0.2, 0.25) is 0 Å². The maximum atomic E-state index is 10.4. The molecule has 2 aromatic heterocycles. The number of hydrogen-bond acceptors (Lipinski definition) is 8. The predicted octanol–water partition coefficient (Wildman–Crippen LogP) is 0.836. The molecule has 0 spiro atoms. The molecule has 2 aliphatic rings. The predicted molar refractivity (Wildman–Crippen MR) is 93.6 cm³/mol. The summed E-state index contributed by atoms with van der Waals surface area (Å²) in [5.74, 6) is 0.714. The average molecular weight is 363 g/mol. The minimum Gasteiger partial charge on any atom is -0.394 e. The van der Waals surface area contributed by atoms with Gasteiger partial charge in [-0.05, 0) is 19.8 Å². The second kappa shape index (κ2) is 7.43. The minimum atomic E-state index is -0.916. The molecule has 4 rings (SSSR count). The zero-order valence-corrected chi connectivity index (χ0v) is 14.8. The molecule has 0 amide bonds. The smallest absolute Gasteiger partial charge is 0.167 e. The average Bonchev–Trinajstić information content (AvgIpc) is 3.36. The fourth-order valence-corrected chi connectivity index (χ4v) is 3.87. The number of hydrogen-bond donors (Lipinski definition) is 3. The number of imidazole rings is 1. The van der Waals surface area contributed by atoms with E-state index in [4.69, 9.17) is 9.47 Å². The summed E-state index contributed by atoms with van der Waals surface area (Å²) in [5.41, 5.74) is 1.28. The lowest BCUT2D eigenvalue weighted by molar-refractivity contribution is -0.0676. The highest BCUT2D eigenvalue weighted by atomic mass is 16.6. The Hall–Kier alpha value is -1.81. The molecule has 0 radical (unpaired) electrons. The lowest BCUT2D eigenvalue weighted by atomic mass is 10.1. The van der Waals surface area contributed by atoms with E-state index in [0.717, 1.165) is 12.8 Å². The Morgan fingerprint density at radius 1 is 1.31 bits per heavy atom. The molecule has 0 aromatic carbocycles. The van der Waals surface area contributed by atoms with Crippen LogP contribution in [0.5, 0.6) is 0 Å². The van der Waals surface area contributed by atoms with Gasteiger partial charge in [0, 0.05) is 12.6 Å². The summed E-state index contributed by atoms with van der Waals surface area (Å²) in [7, 11) is 0. The highest BCUT2D eigenvalue weighted by Gasteiger charge is 2.45. The van der Waals surface area contributed by atoms with Crippen LogP contribution in [0.3, 0.4) is 0 Å². The maximum absolute atomic E-state index is 10.4. The normalized spacial score (nSPS) is 29.7. The first-order valence-corrected chi connectivity index (χ1v) is 9.23. The third-order valence-corrected chi connectivity index (χ3v) is 5.18. The molecule has 142 valence electrons. The molecule has 0 unspecified atom stereocenters. The van der Waals surface area contributed by atoms with Gasteiger partial charge in [0.05, 0.1) is 12.9 Å². The highest BCUT2D eigenvalue weighted by molar-refractivity contribution is 5.82. The molecule has 1 saturated heterocycles. The van der Waals surface area contributed by atoms with Crippen molar-refractivity contribution in [2.75, 3.05) is 18.5 Å². The lowest BCUT2D eigenvalue weighted by Crippen LogP contribution is -2.35. The van der Waals surface area contributed by atoms with Gasteiger partial charge in [-0.3, -0.25) is 4.57 Å². The Morgan fingerprint density at radius 2 is 2.12 bits per heavy atom. The molecular weight excluding hydrogens is 338 g/mol. The summed E-state index contributed by atoms with van der Waals surface area (Å²) in [5, 5.41) is 23.3. The number of rotatable bonds is 6. The molecule has 3 N–H and O–H groups in total. The largest absolute Gasteiger partial charge is 0.394 e. The number of aliphatic hydroxyl groups is 2. The van der Waals surface area contributed by atoms with Gasteiger partial charge in [0.1, 0.15) is 24.6 Å².